The molecule has 18 heavy (non-hydrogen) atoms. The zero-order chi connectivity index (χ0) is 13.2. The summed E-state index contributed by atoms with van der Waals surface area (Å²) in [5.41, 5.74) is 1.18. The van der Waals surface area contributed by atoms with E-state index in [-0.39, 0.29) is 5.97 Å². The fraction of sp³-hybridized carbons (Fsp3) is 0.692. The molecule has 0 saturated carbocycles. The average Bonchev–Trinajstić information content (AvgIpc) is 2.77. The van der Waals surface area contributed by atoms with E-state index < -0.39 is 0 Å². The van der Waals surface area contributed by atoms with Crippen LogP contribution in [0.1, 0.15) is 38.7 Å². The predicted octanol–water partition coefficient (Wildman–Crippen LogP) is 1.73. The highest BCUT2D eigenvalue weighted by molar-refractivity contribution is 5.69. The number of nitrogens with one attached hydrogen (secondary N) is 1. The van der Waals surface area contributed by atoms with E-state index in [0.717, 1.165) is 32.5 Å². The minimum atomic E-state index is -0.116. The highest BCUT2D eigenvalue weighted by atomic mass is 16.5. The lowest BCUT2D eigenvalue weighted by atomic mass is 10.3. The Labute approximate surface area is 109 Å². The van der Waals surface area contributed by atoms with Crippen LogP contribution in [0.3, 0.4) is 0 Å². The van der Waals surface area contributed by atoms with Crippen LogP contribution in [0.15, 0.2) is 12.4 Å². The second kappa shape index (κ2) is 8.69. The summed E-state index contributed by atoms with van der Waals surface area (Å²) in [5.74, 6) is -0.116. The van der Waals surface area contributed by atoms with Crippen molar-refractivity contribution in [3.05, 3.63) is 18.0 Å². The molecule has 5 nitrogen and oxygen atoms in total. The van der Waals surface area contributed by atoms with Gasteiger partial charge in [-0.2, -0.15) is 5.10 Å². The first-order valence-electron chi connectivity index (χ1n) is 6.64. The highest BCUT2D eigenvalue weighted by Gasteiger charge is 2.01. The Morgan fingerprint density at radius 3 is 3.06 bits per heavy atom. The molecule has 0 unspecified atom stereocenters. The summed E-state index contributed by atoms with van der Waals surface area (Å²) in [4.78, 5) is 11.1. The van der Waals surface area contributed by atoms with Crippen molar-refractivity contribution in [2.45, 2.75) is 46.2 Å². The molecule has 0 bridgehead atoms. The molecule has 5 heteroatoms. The molecule has 1 heterocycles. The van der Waals surface area contributed by atoms with Crippen LogP contribution in [-0.2, 0) is 22.6 Å². The van der Waals surface area contributed by atoms with Crippen molar-refractivity contribution < 1.29 is 9.53 Å². The molecule has 1 N–H and O–H groups in total. The molecular weight excluding hydrogens is 230 g/mol. The van der Waals surface area contributed by atoms with Gasteiger partial charge < -0.3 is 10.1 Å². The number of hydrogen-bond acceptors (Lipinski definition) is 4. The number of carbonyl (C=O) groups is 1. The molecule has 1 aromatic heterocycles. The molecule has 0 radical (unpaired) electrons. The summed E-state index contributed by atoms with van der Waals surface area (Å²) in [7, 11) is 0. The first-order valence-corrected chi connectivity index (χ1v) is 6.64. The van der Waals surface area contributed by atoms with E-state index in [9.17, 15) is 4.79 Å². The van der Waals surface area contributed by atoms with E-state index in [4.69, 9.17) is 4.74 Å². The number of rotatable bonds is 9. The first kappa shape index (κ1) is 14.7. The Hall–Kier alpha value is -1.36. The van der Waals surface area contributed by atoms with Gasteiger partial charge in [0.1, 0.15) is 0 Å². The SMILES string of the molecule is CCCn1cc(CNCCCC(=O)OCC)cn1. The summed E-state index contributed by atoms with van der Waals surface area (Å²) in [6.45, 7) is 7.00. The number of carbonyl (C=O) groups excluding carboxylic acids is 1. The van der Waals surface area contributed by atoms with E-state index in [2.05, 4.69) is 23.5 Å². The van der Waals surface area contributed by atoms with Crippen molar-refractivity contribution in [1.82, 2.24) is 15.1 Å². The molecule has 0 aromatic carbocycles. The summed E-state index contributed by atoms with van der Waals surface area (Å²) >= 11 is 0. The molecule has 0 aliphatic carbocycles. The van der Waals surface area contributed by atoms with Crippen molar-refractivity contribution in [3.8, 4) is 0 Å². The van der Waals surface area contributed by atoms with Crippen LogP contribution in [0.5, 0.6) is 0 Å². The van der Waals surface area contributed by atoms with Gasteiger partial charge in [0.05, 0.1) is 12.8 Å². The molecule has 0 saturated heterocycles. The quantitative estimate of drug-likeness (QED) is 0.538. The lowest BCUT2D eigenvalue weighted by Crippen LogP contribution is -2.16. The number of aryl methyl sites for hydroxylation is 1. The number of nitrogens with zero attached hydrogens (tertiary/aromatic N) is 2. The lowest BCUT2D eigenvalue weighted by molar-refractivity contribution is -0.143. The Morgan fingerprint density at radius 1 is 1.50 bits per heavy atom. The Balaban J connectivity index is 2.08. The van der Waals surface area contributed by atoms with Crippen molar-refractivity contribution in [2.24, 2.45) is 0 Å². The third-order valence-corrected chi connectivity index (χ3v) is 2.51. The second-order valence-corrected chi connectivity index (χ2v) is 4.20. The van der Waals surface area contributed by atoms with Crippen LogP contribution in [0.25, 0.3) is 0 Å². The molecule has 0 aliphatic rings. The summed E-state index contributed by atoms with van der Waals surface area (Å²) in [6, 6.07) is 0. The van der Waals surface area contributed by atoms with Crippen LogP contribution in [0.4, 0.5) is 0 Å². The molecule has 0 amide bonds. The molecule has 1 aromatic rings. The Kier molecular flexibility index (Phi) is 7.10. The summed E-state index contributed by atoms with van der Waals surface area (Å²) < 4.78 is 6.81. The van der Waals surface area contributed by atoms with E-state index >= 15 is 0 Å². The van der Waals surface area contributed by atoms with Crippen LogP contribution in [0.2, 0.25) is 0 Å². The molecule has 0 atom stereocenters. The maximum absolute atomic E-state index is 11.1. The Bertz CT molecular complexity index is 350. The maximum atomic E-state index is 11.1. The monoisotopic (exact) mass is 253 g/mol. The Morgan fingerprint density at radius 2 is 2.33 bits per heavy atom. The van der Waals surface area contributed by atoms with Crippen molar-refractivity contribution >= 4 is 5.97 Å². The third-order valence-electron chi connectivity index (χ3n) is 2.51. The molecule has 1 rings (SSSR count). The van der Waals surface area contributed by atoms with E-state index in [1.165, 1.54) is 5.56 Å². The molecule has 0 spiro atoms. The van der Waals surface area contributed by atoms with Crippen LogP contribution >= 0.6 is 0 Å². The van der Waals surface area contributed by atoms with Gasteiger partial charge in [-0.15, -0.1) is 0 Å². The second-order valence-electron chi connectivity index (χ2n) is 4.20. The smallest absolute Gasteiger partial charge is 0.305 e. The first-order chi connectivity index (χ1) is 8.76. The predicted molar refractivity (Wildman–Crippen MR) is 70.1 cm³/mol. The van der Waals surface area contributed by atoms with E-state index in [1.54, 1.807) is 0 Å². The van der Waals surface area contributed by atoms with Gasteiger partial charge in [0.15, 0.2) is 0 Å². The fourth-order valence-electron chi connectivity index (χ4n) is 1.67. The average molecular weight is 253 g/mol. The molecule has 0 aliphatic heterocycles. The summed E-state index contributed by atoms with van der Waals surface area (Å²) in [5, 5.41) is 7.55. The number of esters is 1. The lowest BCUT2D eigenvalue weighted by Gasteiger charge is -2.03. The molecular formula is C13H23N3O2. The maximum Gasteiger partial charge on any atom is 0.305 e. The van der Waals surface area contributed by atoms with Gasteiger partial charge in [-0.25, -0.2) is 0 Å². The zero-order valence-electron chi connectivity index (χ0n) is 11.3. The van der Waals surface area contributed by atoms with Crippen LogP contribution in [0, 0.1) is 0 Å². The van der Waals surface area contributed by atoms with Crippen molar-refractivity contribution in [3.63, 3.8) is 0 Å². The van der Waals surface area contributed by atoms with Crippen LogP contribution in [-0.4, -0.2) is 28.9 Å². The minimum Gasteiger partial charge on any atom is -0.466 e. The molecule has 0 fully saturated rings. The molecule has 102 valence electrons. The van der Waals surface area contributed by atoms with Crippen LogP contribution < -0.4 is 5.32 Å². The number of hydrogen-bond donors (Lipinski definition) is 1. The highest BCUT2D eigenvalue weighted by Crippen LogP contribution is 1.99. The fourth-order valence-corrected chi connectivity index (χ4v) is 1.67. The van der Waals surface area contributed by atoms with Gasteiger partial charge in [0.2, 0.25) is 0 Å². The summed E-state index contributed by atoms with van der Waals surface area (Å²) in [6.07, 6.45) is 6.32. The number of ether oxygens (including phenoxy) is 1. The third kappa shape index (κ3) is 5.82. The largest absolute Gasteiger partial charge is 0.466 e. The standard InChI is InChI=1S/C13H23N3O2/c1-3-8-16-11-12(10-15-16)9-14-7-5-6-13(17)18-4-2/h10-11,14H,3-9H2,1-2H3. The van der Waals surface area contributed by atoms with Gasteiger partial charge in [-0.3, -0.25) is 9.48 Å². The zero-order valence-corrected chi connectivity index (χ0v) is 11.3. The van der Waals surface area contributed by atoms with Gasteiger partial charge >= 0.3 is 5.97 Å². The van der Waals surface area contributed by atoms with Gasteiger partial charge in [-0.1, -0.05) is 6.92 Å². The van der Waals surface area contributed by atoms with Crippen molar-refractivity contribution in [2.75, 3.05) is 13.2 Å². The van der Waals surface area contributed by atoms with Crippen molar-refractivity contribution in [1.29, 1.82) is 0 Å². The van der Waals surface area contributed by atoms with Gasteiger partial charge in [0, 0.05) is 31.3 Å². The van der Waals surface area contributed by atoms with E-state index in [1.807, 2.05) is 17.8 Å². The number of aromatic nitrogens is 2. The topological polar surface area (TPSA) is 56.2 Å². The normalized spacial score (nSPS) is 10.6. The van der Waals surface area contributed by atoms with Gasteiger partial charge in [-0.05, 0) is 26.3 Å². The minimum absolute atomic E-state index is 0.116. The van der Waals surface area contributed by atoms with Gasteiger partial charge in [0.25, 0.3) is 0 Å². The van der Waals surface area contributed by atoms with E-state index in [0.29, 0.717) is 13.0 Å².